The molecule has 0 aliphatic heterocycles. The van der Waals surface area contributed by atoms with Crippen LogP contribution in [-0.2, 0) is 4.79 Å². The van der Waals surface area contributed by atoms with Crippen molar-refractivity contribution in [3.8, 4) is 5.75 Å². The summed E-state index contributed by atoms with van der Waals surface area (Å²) in [5, 5.41) is 3.04. The normalized spacial score (nSPS) is 13.2. The van der Waals surface area contributed by atoms with Crippen LogP contribution in [0.3, 0.4) is 0 Å². The number of aryl methyl sites for hydroxylation is 4. The van der Waals surface area contributed by atoms with E-state index in [4.69, 9.17) is 4.74 Å². The lowest BCUT2D eigenvalue weighted by Gasteiger charge is -2.21. The lowest BCUT2D eigenvalue weighted by atomic mass is 10.00. The first kappa shape index (κ1) is 18.1. The largest absolute Gasteiger partial charge is 0.481 e. The fourth-order valence-corrected chi connectivity index (χ4v) is 2.90. The van der Waals surface area contributed by atoms with Crippen LogP contribution in [-0.4, -0.2) is 12.0 Å². The number of carbonyl (C=O) groups excluding carboxylic acids is 1. The molecule has 0 fully saturated rings. The highest BCUT2D eigenvalue weighted by Gasteiger charge is 2.19. The topological polar surface area (TPSA) is 38.3 Å². The van der Waals surface area contributed by atoms with Crippen LogP contribution >= 0.6 is 0 Å². The molecule has 0 aliphatic rings. The minimum atomic E-state index is -0.542. The molecule has 24 heavy (non-hydrogen) atoms. The molecule has 3 heteroatoms. The summed E-state index contributed by atoms with van der Waals surface area (Å²) in [7, 11) is 0. The van der Waals surface area contributed by atoms with E-state index in [2.05, 4.69) is 43.4 Å². The molecule has 1 amide bonds. The van der Waals surface area contributed by atoms with Crippen LogP contribution in [0.15, 0.2) is 36.4 Å². The Morgan fingerprint density at radius 1 is 0.917 bits per heavy atom. The monoisotopic (exact) mass is 325 g/mol. The summed E-state index contributed by atoms with van der Waals surface area (Å²) in [6.45, 7) is 12.0. The molecule has 0 saturated heterocycles. The maximum Gasteiger partial charge on any atom is 0.261 e. The lowest BCUT2D eigenvalue weighted by molar-refractivity contribution is -0.127. The molecule has 2 unspecified atom stereocenters. The van der Waals surface area contributed by atoms with E-state index in [1.165, 1.54) is 16.7 Å². The first-order valence-corrected chi connectivity index (χ1v) is 8.39. The highest BCUT2D eigenvalue weighted by atomic mass is 16.5. The SMILES string of the molecule is Cc1ccc(OC(C)C(=O)NC(C)c2ccc(C)cc2C)c(C)c1. The van der Waals surface area contributed by atoms with Gasteiger partial charge in [-0.1, -0.05) is 41.5 Å². The molecule has 2 atom stereocenters. The van der Waals surface area contributed by atoms with E-state index in [9.17, 15) is 4.79 Å². The molecule has 2 aromatic rings. The summed E-state index contributed by atoms with van der Waals surface area (Å²) in [5.74, 6) is 0.643. The average molecular weight is 325 g/mol. The Bertz CT molecular complexity index is 737. The van der Waals surface area contributed by atoms with E-state index in [1.54, 1.807) is 6.92 Å². The van der Waals surface area contributed by atoms with Gasteiger partial charge in [-0.2, -0.15) is 0 Å². The maximum atomic E-state index is 12.5. The van der Waals surface area contributed by atoms with Crippen LogP contribution in [0.1, 0.15) is 47.7 Å². The smallest absolute Gasteiger partial charge is 0.261 e. The van der Waals surface area contributed by atoms with E-state index in [0.29, 0.717) is 0 Å². The van der Waals surface area contributed by atoms with Crippen molar-refractivity contribution >= 4 is 5.91 Å². The summed E-state index contributed by atoms with van der Waals surface area (Å²) >= 11 is 0. The predicted molar refractivity (Wildman–Crippen MR) is 98.5 cm³/mol. The molecular formula is C21H27NO2. The van der Waals surface area contributed by atoms with Gasteiger partial charge in [0.15, 0.2) is 6.10 Å². The molecule has 0 saturated carbocycles. The van der Waals surface area contributed by atoms with Crippen molar-refractivity contribution in [3.05, 3.63) is 64.2 Å². The Balaban J connectivity index is 2.02. The van der Waals surface area contributed by atoms with Crippen LogP contribution in [0.2, 0.25) is 0 Å². The highest BCUT2D eigenvalue weighted by Crippen LogP contribution is 2.21. The van der Waals surface area contributed by atoms with Gasteiger partial charge in [0.2, 0.25) is 0 Å². The number of ether oxygens (including phenoxy) is 1. The number of amides is 1. The number of nitrogens with one attached hydrogen (secondary N) is 1. The molecule has 128 valence electrons. The Hall–Kier alpha value is -2.29. The fraction of sp³-hybridized carbons (Fsp3) is 0.381. The Kier molecular flexibility index (Phi) is 5.66. The molecule has 0 spiro atoms. The van der Waals surface area contributed by atoms with Crippen molar-refractivity contribution in [2.45, 2.75) is 53.7 Å². The zero-order valence-corrected chi connectivity index (χ0v) is 15.4. The molecule has 1 N–H and O–H groups in total. The fourth-order valence-electron chi connectivity index (χ4n) is 2.90. The van der Waals surface area contributed by atoms with Gasteiger partial charge >= 0.3 is 0 Å². The van der Waals surface area contributed by atoms with Crippen molar-refractivity contribution < 1.29 is 9.53 Å². The minimum Gasteiger partial charge on any atom is -0.481 e. The van der Waals surface area contributed by atoms with Crippen LogP contribution in [0.25, 0.3) is 0 Å². The summed E-state index contributed by atoms with van der Waals surface area (Å²) in [6.07, 6.45) is -0.542. The molecule has 2 rings (SSSR count). The van der Waals surface area contributed by atoms with Crippen molar-refractivity contribution in [1.29, 1.82) is 0 Å². The summed E-state index contributed by atoms with van der Waals surface area (Å²) < 4.78 is 5.84. The van der Waals surface area contributed by atoms with Crippen molar-refractivity contribution in [2.75, 3.05) is 0 Å². The van der Waals surface area contributed by atoms with Gasteiger partial charge in [-0.25, -0.2) is 0 Å². The third kappa shape index (κ3) is 4.38. The zero-order valence-electron chi connectivity index (χ0n) is 15.4. The molecule has 3 nitrogen and oxygen atoms in total. The van der Waals surface area contributed by atoms with Crippen LogP contribution in [0.4, 0.5) is 0 Å². The third-order valence-corrected chi connectivity index (χ3v) is 4.25. The molecule has 0 aromatic heterocycles. The number of hydrogen-bond donors (Lipinski definition) is 1. The standard InChI is InChI=1S/C21H27NO2/c1-13-7-9-19(15(3)11-13)17(5)22-21(23)18(6)24-20-10-8-14(2)12-16(20)4/h7-12,17-18H,1-6H3,(H,22,23). The second-order valence-corrected chi connectivity index (χ2v) is 6.62. The maximum absolute atomic E-state index is 12.5. The van der Waals surface area contributed by atoms with Gasteiger partial charge in [0.25, 0.3) is 5.91 Å². The molecule has 0 bridgehead atoms. The van der Waals surface area contributed by atoms with Gasteiger partial charge in [-0.15, -0.1) is 0 Å². The van der Waals surface area contributed by atoms with Crippen molar-refractivity contribution in [1.82, 2.24) is 5.32 Å². The van der Waals surface area contributed by atoms with Crippen molar-refractivity contribution in [2.24, 2.45) is 0 Å². The average Bonchev–Trinajstić information content (AvgIpc) is 2.49. The number of hydrogen-bond acceptors (Lipinski definition) is 2. The second-order valence-electron chi connectivity index (χ2n) is 6.62. The molecule has 2 aromatic carbocycles. The Morgan fingerprint density at radius 2 is 1.50 bits per heavy atom. The van der Waals surface area contributed by atoms with E-state index in [0.717, 1.165) is 16.9 Å². The molecule has 0 aliphatic carbocycles. The summed E-state index contributed by atoms with van der Waals surface area (Å²) in [4.78, 5) is 12.5. The first-order chi connectivity index (χ1) is 11.3. The van der Waals surface area contributed by atoms with Gasteiger partial charge < -0.3 is 10.1 Å². The van der Waals surface area contributed by atoms with E-state index in [-0.39, 0.29) is 11.9 Å². The Labute approximate surface area is 145 Å². The molecule has 0 radical (unpaired) electrons. The third-order valence-electron chi connectivity index (χ3n) is 4.25. The number of rotatable bonds is 5. The van der Waals surface area contributed by atoms with Crippen LogP contribution in [0.5, 0.6) is 5.75 Å². The molecule has 0 heterocycles. The Morgan fingerprint density at radius 3 is 2.08 bits per heavy atom. The lowest BCUT2D eigenvalue weighted by Crippen LogP contribution is -2.38. The van der Waals surface area contributed by atoms with Crippen molar-refractivity contribution in [3.63, 3.8) is 0 Å². The van der Waals surface area contributed by atoms with Gasteiger partial charge in [0.05, 0.1) is 6.04 Å². The minimum absolute atomic E-state index is 0.0525. The van der Waals surface area contributed by atoms with Gasteiger partial charge in [0.1, 0.15) is 5.75 Å². The number of benzene rings is 2. The van der Waals surface area contributed by atoms with E-state index < -0.39 is 6.10 Å². The summed E-state index contributed by atoms with van der Waals surface area (Å²) in [6, 6.07) is 12.2. The van der Waals surface area contributed by atoms with E-state index in [1.807, 2.05) is 32.9 Å². The quantitative estimate of drug-likeness (QED) is 0.875. The van der Waals surface area contributed by atoms with E-state index >= 15 is 0 Å². The van der Waals surface area contributed by atoms with Gasteiger partial charge in [0, 0.05) is 0 Å². The second kappa shape index (κ2) is 7.52. The molecular weight excluding hydrogens is 298 g/mol. The predicted octanol–water partition coefficient (Wildman–Crippen LogP) is 4.56. The highest BCUT2D eigenvalue weighted by molar-refractivity contribution is 5.81. The van der Waals surface area contributed by atoms with Gasteiger partial charge in [-0.3, -0.25) is 4.79 Å². The van der Waals surface area contributed by atoms with Crippen LogP contribution in [0, 0.1) is 27.7 Å². The van der Waals surface area contributed by atoms with Gasteiger partial charge in [-0.05, 0) is 64.3 Å². The first-order valence-electron chi connectivity index (χ1n) is 8.39. The zero-order chi connectivity index (χ0) is 17.9. The van der Waals surface area contributed by atoms with Crippen LogP contribution < -0.4 is 10.1 Å². The number of carbonyl (C=O) groups is 1. The summed E-state index contributed by atoms with van der Waals surface area (Å²) in [5.41, 5.74) is 5.76.